The van der Waals surface area contributed by atoms with E-state index in [2.05, 4.69) is 0 Å². The minimum atomic E-state index is -0.515. The summed E-state index contributed by atoms with van der Waals surface area (Å²) in [5.74, 6) is 0.185. The lowest BCUT2D eigenvalue weighted by atomic mass is 9.93. The van der Waals surface area contributed by atoms with Crippen molar-refractivity contribution in [3.05, 3.63) is 10.1 Å². The summed E-state index contributed by atoms with van der Waals surface area (Å²) in [6, 6.07) is -0.515. The molecule has 3 atom stereocenters. The highest BCUT2D eigenvalue weighted by Crippen LogP contribution is 2.16. The molecule has 0 bridgehead atoms. The highest BCUT2D eigenvalue weighted by molar-refractivity contribution is 4.63. The molecule has 0 spiro atoms. The van der Waals surface area contributed by atoms with Crippen molar-refractivity contribution in [3.63, 3.8) is 0 Å². The Balaban J connectivity index is 3.86. The van der Waals surface area contributed by atoms with Gasteiger partial charge < -0.3 is 5.11 Å². The lowest BCUT2D eigenvalue weighted by Gasteiger charge is -2.16. The minimum absolute atomic E-state index is 0.0298. The van der Waals surface area contributed by atoms with Crippen LogP contribution >= 0.6 is 0 Å². The molecule has 0 aliphatic rings. The van der Waals surface area contributed by atoms with Gasteiger partial charge in [-0.1, -0.05) is 13.8 Å². The molecule has 1 N–H and O–H groups in total. The Hall–Kier alpha value is -0.640. The third-order valence-electron chi connectivity index (χ3n) is 2.24. The van der Waals surface area contributed by atoms with Gasteiger partial charge in [-0.15, -0.1) is 0 Å². The highest BCUT2D eigenvalue weighted by Gasteiger charge is 2.23. The maximum absolute atomic E-state index is 10.4. The SMILES string of the molecule is CC(C[C@@H](C)CO)C(C)[N+](=O)[O-]. The summed E-state index contributed by atoms with van der Waals surface area (Å²) in [6.45, 7) is 5.45. The van der Waals surface area contributed by atoms with Crippen molar-refractivity contribution < 1.29 is 10.0 Å². The Morgan fingerprint density at radius 2 is 1.92 bits per heavy atom. The number of aliphatic hydroxyl groups is 1. The molecular weight excluding hydrogens is 158 g/mol. The zero-order valence-electron chi connectivity index (χ0n) is 7.86. The van der Waals surface area contributed by atoms with Crippen LogP contribution in [0.3, 0.4) is 0 Å². The third-order valence-corrected chi connectivity index (χ3v) is 2.24. The number of hydrogen-bond acceptors (Lipinski definition) is 3. The molecule has 0 radical (unpaired) electrons. The molecule has 0 fully saturated rings. The van der Waals surface area contributed by atoms with Crippen molar-refractivity contribution in [1.82, 2.24) is 0 Å². The topological polar surface area (TPSA) is 63.4 Å². The van der Waals surface area contributed by atoms with Crippen LogP contribution in [0, 0.1) is 22.0 Å². The van der Waals surface area contributed by atoms with E-state index >= 15 is 0 Å². The lowest BCUT2D eigenvalue weighted by Crippen LogP contribution is -2.25. The quantitative estimate of drug-likeness (QED) is 0.506. The Bertz CT molecular complexity index is 149. The molecule has 0 aliphatic heterocycles. The average molecular weight is 175 g/mol. The van der Waals surface area contributed by atoms with Gasteiger partial charge in [-0.25, -0.2) is 0 Å². The smallest absolute Gasteiger partial charge is 0.212 e. The number of rotatable bonds is 5. The van der Waals surface area contributed by atoms with Crippen molar-refractivity contribution in [1.29, 1.82) is 0 Å². The van der Waals surface area contributed by atoms with Gasteiger partial charge in [0.1, 0.15) is 0 Å². The second kappa shape index (κ2) is 5.09. The van der Waals surface area contributed by atoms with Crippen molar-refractivity contribution in [3.8, 4) is 0 Å². The van der Waals surface area contributed by atoms with Crippen LogP contribution in [0.4, 0.5) is 0 Å². The fourth-order valence-corrected chi connectivity index (χ4v) is 1.11. The maximum Gasteiger partial charge on any atom is 0.212 e. The van der Waals surface area contributed by atoms with Gasteiger partial charge in [-0.05, 0) is 12.3 Å². The van der Waals surface area contributed by atoms with Crippen LogP contribution in [-0.2, 0) is 0 Å². The van der Waals surface area contributed by atoms with E-state index in [0.717, 1.165) is 0 Å². The van der Waals surface area contributed by atoms with Gasteiger partial charge in [0.05, 0.1) is 0 Å². The van der Waals surface area contributed by atoms with E-state index in [1.807, 2.05) is 13.8 Å². The first kappa shape index (κ1) is 11.4. The summed E-state index contributed by atoms with van der Waals surface area (Å²) in [6.07, 6.45) is 0.707. The first-order valence-corrected chi connectivity index (χ1v) is 4.23. The summed E-state index contributed by atoms with van der Waals surface area (Å²) in [5.41, 5.74) is 0. The van der Waals surface area contributed by atoms with E-state index < -0.39 is 6.04 Å². The van der Waals surface area contributed by atoms with Crippen molar-refractivity contribution >= 4 is 0 Å². The monoisotopic (exact) mass is 175 g/mol. The molecule has 0 aliphatic carbocycles. The van der Waals surface area contributed by atoms with Crippen LogP contribution in [0.2, 0.25) is 0 Å². The summed E-state index contributed by atoms with van der Waals surface area (Å²) >= 11 is 0. The molecule has 0 aromatic rings. The van der Waals surface area contributed by atoms with Gasteiger partial charge in [0.25, 0.3) is 0 Å². The molecule has 0 aromatic carbocycles. The van der Waals surface area contributed by atoms with Crippen molar-refractivity contribution in [2.75, 3.05) is 6.61 Å². The molecule has 4 heteroatoms. The zero-order chi connectivity index (χ0) is 9.72. The largest absolute Gasteiger partial charge is 0.396 e. The standard InChI is InChI=1S/C8H17NO3/c1-6(5-10)4-7(2)8(3)9(11)12/h6-8,10H,4-5H2,1-3H3/t6-,7?,8?/m1/s1. The van der Waals surface area contributed by atoms with Gasteiger partial charge in [0.2, 0.25) is 6.04 Å². The van der Waals surface area contributed by atoms with E-state index in [1.165, 1.54) is 0 Å². The molecular formula is C8H17NO3. The van der Waals surface area contributed by atoms with Gasteiger partial charge in [-0.2, -0.15) is 0 Å². The molecule has 2 unspecified atom stereocenters. The van der Waals surface area contributed by atoms with Crippen LogP contribution in [0.1, 0.15) is 27.2 Å². The zero-order valence-corrected chi connectivity index (χ0v) is 7.86. The molecule has 0 amide bonds. The Morgan fingerprint density at radius 3 is 2.25 bits per heavy atom. The highest BCUT2D eigenvalue weighted by atomic mass is 16.6. The van der Waals surface area contributed by atoms with Crippen molar-refractivity contribution in [2.24, 2.45) is 11.8 Å². The van der Waals surface area contributed by atoms with Gasteiger partial charge in [0, 0.05) is 24.4 Å². The summed E-state index contributed by atoms with van der Waals surface area (Å²) in [4.78, 5) is 10.1. The van der Waals surface area contributed by atoms with E-state index in [9.17, 15) is 10.1 Å². The maximum atomic E-state index is 10.4. The van der Waals surface area contributed by atoms with Crippen LogP contribution in [0.15, 0.2) is 0 Å². The Kier molecular flexibility index (Phi) is 4.81. The first-order chi connectivity index (χ1) is 5.49. The third kappa shape index (κ3) is 3.67. The van der Waals surface area contributed by atoms with Gasteiger partial charge in [0.15, 0.2) is 0 Å². The number of nitro groups is 1. The summed E-state index contributed by atoms with van der Waals surface area (Å²) < 4.78 is 0. The molecule has 0 aromatic heterocycles. The molecule has 0 heterocycles. The number of aliphatic hydroxyl groups excluding tert-OH is 1. The summed E-state index contributed by atoms with van der Waals surface area (Å²) in [7, 11) is 0. The normalized spacial score (nSPS) is 18.3. The second-order valence-electron chi connectivity index (χ2n) is 3.53. The molecule has 12 heavy (non-hydrogen) atoms. The molecule has 0 rings (SSSR count). The average Bonchev–Trinajstić information content (AvgIpc) is 2.02. The second-order valence-corrected chi connectivity index (χ2v) is 3.53. The molecule has 0 saturated carbocycles. The van der Waals surface area contributed by atoms with Gasteiger partial charge in [-0.3, -0.25) is 10.1 Å². The van der Waals surface area contributed by atoms with Crippen LogP contribution in [0.5, 0.6) is 0 Å². The van der Waals surface area contributed by atoms with E-state index in [0.29, 0.717) is 6.42 Å². The predicted molar refractivity (Wildman–Crippen MR) is 46.5 cm³/mol. The van der Waals surface area contributed by atoms with Crippen LogP contribution in [0.25, 0.3) is 0 Å². The molecule has 4 nitrogen and oxygen atoms in total. The Morgan fingerprint density at radius 1 is 1.42 bits per heavy atom. The van der Waals surface area contributed by atoms with E-state index in [-0.39, 0.29) is 23.4 Å². The van der Waals surface area contributed by atoms with Crippen LogP contribution in [-0.4, -0.2) is 22.7 Å². The fourth-order valence-electron chi connectivity index (χ4n) is 1.11. The van der Waals surface area contributed by atoms with Crippen molar-refractivity contribution in [2.45, 2.75) is 33.2 Å². The molecule has 72 valence electrons. The minimum Gasteiger partial charge on any atom is -0.396 e. The van der Waals surface area contributed by atoms with Gasteiger partial charge >= 0.3 is 0 Å². The number of hydrogen-bond donors (Lipinski definition) is 1. The van der Waals surface area contributed by atoms with E-state index in [1.54, 1.807) is 6.92 Å². The van der Waals surface area contributed by atoms with E-state index in [4.69, 9.17) is 5.11 Å². The lowest BCUT2D eigenvalue weighted by molar-refractivity contribution is -0.527. The summed E-state index contributed by atoms with van der Waals surface area (Å²) in [5, 5.41) is 19.1. The number of nitrogens with zero attached hydrogens (tertiary/aromatic N) is 1. The first-order valence-electron chi connectivity index (χ1n) is 4.23. The predicted octanol–water partition coefficient (Wildman–Crippen LogP) is 1.31. The molecule has 0 saturated heterocycles. The fraction of sp³-hybridized carbons (Fsp3) is 1.00. The van der Waals surface area contributed by atoms with Crippen LogP contribution < -0.4 is 0 Å². The Labute approximate surface area is 72.7 Å².